The summed E-state index contributed by atoms with van der Waals surface area (Å²) >= 11 is 0. The number of aliphatic hydroxyl groups is 2. The maximum atomic E-state index is 11.9. The van der Waals surface area contributed by atoms with Gasteiger partial charge < -0.3 is 14.9 Å². The lowest BCUT2D eigenvalue weighted by Gasteiger charge is -2.18. The predicted octanol–water partition coefficient (Wildman–Crippen LogP) is -2.38. The van der Waals surface area contributed by atoms with E-state index in [4.69, 9.17) is 4.74 Å². The van der Waals surface area contributed by atoms with Crippen molar-refractivity contribution in [1.29, 1.82) is 0 Å². The Bertz CT molecular complexity index is 694. The molecule has 0 aliphatic carbocycles. The quantitative estimate of drug-likeness (QED) is 0.537. The third kappa shape index (κ3) is 1.06. The molecule has 2 N–H and O–H groups in total. The van der Waals surface area contributed by atoms with Crippen molar-refractivity contribution in [1.82, 2.24) is 24.5 Å². The van der Waals surface area contributed by atoms with Crippen molar-refractivity contribution in [2.24, 2.45) is 0 Å². The van der Waals surface area contributed by atoms with E-state index in [0.717, 1.165) is 0 Å². The maximum absolute atomic E-state index is 11.9. The van der Waals surface area contributed by atoms with Crippen LogP contribution in [0.1, 0.15) is 6.23 Å². The van der Waals surface area contributed by atoms with Crippen LogP contribution in [0.4, 0.5) is 0 Å². The predicted molar refractivity (Wildman–Crippen MR) is 55.5 cm³/mol. The zero-order valence-corrected chi connectivity index (χ0v) is 9.04. The van der Waals surface area contributed by atoms with Crippen molar-refractivity contribution >= 4 is 11.2 Å². The van der Waals surface area contributed by atoms with Crippen LogP contribution in [0.25, 0.3) is 11.2 Å². The Kier molecular flexibility index (Phi) is 1.76. The zero-order valence-electron chi connectivity index (χ0n) is 9.04. The number of ether oxygens (including phenoxy) is 1. The largest absolute Gasteiger partial charge is 0.387 e. The summed E-state index contributed by atoms with van der Waals surface area (Å²) in [6.45, 7) is 0.231. The average Bonchev–Trinajstić information content (AvgIpc) is 2.80. The molecule has 4 atom stereocenters. The fraction of sp³-hybridized carbons (Fsp3) is 0.556. The van der Waals surface area contributed by atoms with Crippen molar-refractivity contribution in [3.05, 3.63) is 16.7 Å². The maximum Gasteiger partial charge on any atom is 0.351 e. The molecule has 4 heterocycles. The highest BCUT2D eigenvalue weighted by atomic mass is 16.6. The molecule has 0 amide bonds. The van der Waals surface area contributed by atoms with Gasteiger partial charge in [-0.3, -0.25) is 0 Å². The molecule has 1 fully saturated rings. The van der Waals surface area contributed by atoms with Gasteiger partial charge >= 0.3 is 5.69 Å². The lowest BCUT2D eigenvalue weighted by atomic mass is 10.1. The van der Waals surface area contributed by atoms with Crippen LogP contribution in [0.3, 0.4) is 0 Å². The first-order chi connectivity index (χ1) is 8.66. The van der Waals surface area contributed by atoms with Gasteiger partial charge in [0.05, 0.1) is 12.7 Å². The molecule has 9 heteroatoms. The highest BCUT2D eigenvalue weighted by Crippen LogP contribution is 2.33. The molecule has 1 saturated heterocycles. The molecule has 0 radical (unpaired) electrons. The minimum absolute atomic E-state index is 0.231. The van der Waals surface area contributed by atoms with Crippen molar-refractivity contribution in [3.8, 4) is 0 Å². The summed E-state index contributed by atoms with van der Waals surface area (Å²) in [5, 5.41) is 27.5. The van der Waals surface area contributed by atoms with Gasteiger partial charge in [0.2, 0.25) is 0 Å². The monoisotopic (exact) mass is 251 g/mol. The van der Waals surface area contributed by atoms with Crippen LogP contribution in [0.15, 0.2) is 11.0 Å². The second-order valence-electron chi connectivity index (χ2n) is 4.44. The van der Waals surface area contributed by atoms with Crippen LogP contribution in [0.5, 0.6) is 0 Å². The van der Waals surface area contributed by atoms with Crippen LogP contribution in [0.2, 0.25) is 0 Å². The molecule has 9 nitrogen and oxygen atoms in total. The molecule has 2 unspecified atom stereocenters. The topological polar surface area (TPSA) is 115 Å². The van der Waals surface area contributed by atoms with Gasteiger partial charge in [-0.15, -0.1) is 5.10 Å². The van der Waals surface area contributed by atoms with Gasteiger partial charge in [-0.2, -0.15) is 4.98 Å². The zero-order chi connectivity index (χ0) is 12.4. The van der Waals surface area contributed by atoms with Gasteiger partial charge in [0.25, 0.3) is 0 Å². The Balaban J connectivity index is 2.10. The van der Waals surface area contributed by atoms with E-state index in [9.17, 15) is 15.0 Å². The van der Waals surface area contributed by atoms with Crippen molar-refractivity contribution in [2.45, 2.75) is 31.1 Å². The minimum atomic E-state index is -1.16. The number of rotatable bonds is 0. The minimum Gasteiger partial charge on any atom is -0.387 e. The van der Waals surface area contributed by atoms with Gasteiger partial charge in [-0.05, 0) is 0 Å². The lowest BCUT2D eigenvalue weighted by molar-refractivity contribution is -0.0357. The van der Waals surface area contributed by atoms with Crippen LogP contribution in [0, 0.1) is 0 Å². The molecule has 0 saturated carbocycles. The second kappa shape index (κ2) is 3.13. The summed E-state index contributed by atoms with van der Waals surface area (Å²) in [4.78, 5) is 15.5. The molecule has 94 valence electrons. The molecule has 2 aliphatic heterocycles. The molecular weight excluding hydrogens is 242 g/mol. The average molecular weight is 251 g/mol. The van der Waals surface area contributed by atoms with Gasteiger partial charge in [0.15, 0.2) is 11.9 Å². The molecule has 4 rings (SSSR count). The van der Waals surface area contributed by atoms with Crippen LogP contribution in [-0.4, -0.2) is 53.1 Å². The number of hydrogen-bond acceptors (Lipinski definition) is 7. The first kappa shape index (κ1) is 10.1. The van der Waals surface area contributed by atoms with E-state index >= 15 is 0 Å². The smallest absolute Gasteiger partial charge is 0.351 e. The summed E-state index contributed by atoms with van der Waals surface area (Å²) in [5.41, 5.74) is 0.339. The van der Waals surface area contributed by atoms with E-state index in [1.54, 1.807) is 0 Å². The molecule has 2 aromatic rings. The first-order valence-corrected chi connectivity index (χ1v) is 5.49. The standard InChI is InChI=1S/C9H9N5O4/c15-5-4-2-13-7-3(11-12-13)1-10-9(17)14(7)8(18-4)6(5)16/h1,4-6,8,15-16H,2H2/t4-,5?,6?,8-/m0/s1. The Morgan fingerprint density at radius 3 is 3.06 bits per heavy atom. The van der Waals surface area contributed by atoms with Gasteiger partial charge in [0, 0.05) is 0 Å². The SMILES string of the molecule is O=c1ncc2nnn3c2n1[C@H]1O[C@@H](C3)C(O)C1O. The third-order valence-electron chi connectivity index (χ3n) is 3.41. The van der Waals surface area contributed by atoms with E-state index in [2.05, 4.69) is 15.3 Å². The number of fused-ring (bicyclic) bond motifs is 3. The molecule has 2 aliphatic rings. The fourth-order valence-corrected chi connectivity index (χ4v) is 2.54. The summed E-state index contributed by atoms with van der Waals surface area (Å²) in [7, 11) is 0. The van der Waals surface area contributed by atoms with Gasteiger partial charge in [0.1, 0.15) is 23.8 Å². The third-order valence-corrected chi connectivity index (χ3v) is 3.41. The normalized spacial score (nSPS) is 33.9. The fourth-order valence-electron chi connectivity index (χ4n) is 2.54. The number of hydrogen-bond donors (Lipinski definition) is 2. The van der Waals surface area contributed by atoms with Gasteiger partial charge in [-0.25, -0.2) is 14.0 Å². The first-order valence-electron chi connectivity index (χ1n) is 5.49. The molecule has 0 spiro atoms. The van der Waals surface area contributed by atoms with E-state index in [-0.39, 0.29) is 6.54 Å². The van der Waals surface area contributed by atoms with Crippen LogP contribution in [-0.2, 0) is 11.3 Å². The summed E-state index contributed by atoms with van der Waals surface area (Å²) in [6, 6.07) is 0. The molecule has 0 aromatic carbocycles. The second-order valence-corrected chi connectivity index (χ2v) is 4.44. The summed E-state index contributed by atoms with van der Waals surface area (Å²) < 4.78 is 8.17. The van der Waals surface area contributed by atoms with Crippen LogP contribution < -0.4 is 5.69 Å². The number of nitrogens with zero attached hydrogens (tertiary/aromatic N) is 5. The van der Waals surface area contributed by atoms with Crippen molar-refractivity contribution in [2.75, 3.05) is 0 Å². The Hall–Kier alpha value is -1.84. The molecule has 18 heavy (non-hydrogen) atoms. The van der Waals surface area contributed by atoms with E-state index < -0.39 is 30.2 Å². The van der Waals surface area contributed by atoms with E-state index in [1.807, 2.05) is 0 Å². The van der Waals surface area contributed by atoms with Crippen molar-refractivity contribution in [3.63, 3.8) is 0 Å². The van der Waals surface area contributed by atoms with Crippen LogP contribution >= 0.6 is 0 Å². The lowest BCUT2D eigenvalue weighted by Crippen LogP contribution is -2.39. The number of aliphatic hydroxyl groups excluding tert-OH is 2. The molecule has 2 aromatic heterocycles. The summed E-state index contributed by atoms with van der Waals surface area (Å²) in [5.74, 6) is 0. The Morgan fingerprint density at radius 1 is 1.39 bits per heavy atom. The van der Waals surface area contributed by atoms with E-state index in [1.165, 1.54) is 15.4 Å². The van der Waals surface area contributed by atoms with E-state index in [0.29, 0.717) is 11.2 Å². The number of aromatic nitrogens is 5. The highest BCUT2D eigenvalue weighted by Gasteiger charge is 2.47. The summed E-state index contributed by atoms with van der Waals surface area (Å²) in [6.07, 6.45) is -2.46. The molecule has 2 bridgehead atoms. The Labute approximate surface area is 99.2 Å². The molecular formula is C9H9N5O4. The highest BCUT2D eigenvalue weighted by molar-refractivity contribution is 5.69. The Morgan fingerprint density at radius 2 is 2.22 bits per heavy atom. The van der Waals surface area contributed by atoms with Crippen molar-refractivity contribution < 1.29 is 14.9 Å². The van der Waals surface area contributed by atoms with Gasteiger partial charge in [-0.1, -0.05) is 5.21 Å².